The Morgan fingerprint density at radius 2 is 1.93 bits per heavy atom. The van der Waals surface area contributed by atoms with Gasteiger partial charge in [0, 0.05) is 44.7 Å². The van der Waals surface area contributed by atoms with Crippen LogP contribution in [0.3, 0.4) is 0 Å². The lowest BCUT2D eigenvalue weighted by Crippen LogP contribution is -2.42. The van der Waals surface area contributed by atoms with Crippen LogP contribution in [0.4, 0.5) is 11.8 Å². The maximum atomic E-state index is 10.0. The summed E-state index contributed by atoms with van der Waals surface area (Å²) in [5.74, 6) is 1.89. The Labute approximate surface area is 169 Å². The fourth-order valence-corrected chi connectivity index (χ4v) is 4.97. The SMILES string of the molecule is CC(C)=CCN1CCC2(CCc3c(N4CCC(O)C4)nc(N(C)C)nc32)CC1. The first-order valence-electron chi connectivity index (χ1n) is 10.8. The van der Waals surface area contributed by atoms with Crippen LogP contribution in [0, 0.1) is 0 Å². The Kier molecular flexibility index (Phi) is 5.36. The van der Waals surface area contributed by atoms with Gasteiger partial charge in [-0.1, -0.05) is 11.6 Å². The van der Waals surface area contributed by atoms with E-state index in [-0.39, 0.29) is 11.5 Å². The Bertz CT molecular complexity index is 748. The zero-order chi connectivity index (χ0) is 19.9. The first-order valence-corrected chi connectivity index (χ1v) is 10.8. The van der Waals surface area contributed by atoms with Gasteiger partial charge in [-0.25, -0.2) is 4.98 Å². The van der Waals surface area contributed by atoms with E-state index in [1.807, 2.05) is 19.0 Å². The molecule has 1 aromatic heterocycles. The lowest BCUT2D eigenvalue weighted by molar-refractivity contribution is 0.169. The molecule has 3 heterocycles. The number of piperidine rings is 1. The van der Waals surface area contributed by atoms with E-state index in [2.05, 4.69) is 29.7 Å². The molecule has 154 valence electrons. The normalized spacial score (nSPS) is 23.9. The number of allylic oxidation sites excluding steroid dienone is 1. The number of aromatic nitrogens is 2. The van der Waals surface area contributed by atoms with E-state index in [1.54, 1.807) is 0 Å². The molecule has 28 heavy (non-hydrogen) atoms. The van der Waals surface area contributed by atoms with Crippen LogP contribution in [0.15, 0.2) is 11.6 Å². The van der Waals surface area contributed by atoms with Gasteiger partial charge in [0.15, 0.2) is 0 Å². The molecule has 0 amide bonds. The number of anilines is 2. The maximum Gasteiger partial charge on any atom is 0.227 e. The van der Waals surface area contributed by atoms with Gasteiger partial charge in [-0.15, -0.1) is 0 Å². The minimum absolute atomic E-state index is 0.206. The van der Waals surface area contributed by atoms with Crippen LogP contribution >= 0.6 is 0 Å². The standard InChI is InChI=1S/C22H35N5O/c1-16(2)6-11-26-13-9-22(10-14-26)8-5-18-19(22)23-21(25(3)4)24-20(18)27-12-7-17(28)15-27/h6,17,28H,5,7-15H2,1-4H3. The van der Waals surface area contributed by atoms with Gasteiger partial charge < -0.3 is 14.9 Å². The number of hydrogen-bond acceptors (Lipinski definition) is 6. The zero-order valence-corrected chi connectivity index (χ0v) is 17.9. The number of likely N-dealkylation sites (tertiary alicyclic amines) is 1. The van der Waals surface area contributed by atoms with Crippen molar-refractivity contribution in [3.8, 4) is 0 Å². The fourth-order valence-electron chi connectivity index (χ4n) is 4.97. The molecule has 3 aliphatic rings. The topological polar surface area (TPSA) is 55.7 Å². The largest absolute Gasteiger partial charge is 0.391 e. The smallest absolute Gasteiger partial charge is 0.227 e. The molecule has 1 aromatic rings. The minimum Gasteiger partial charge on any atom is -0.391 e. The van der Waals surface area contributed by atoms with E-state index in [1.165, 1.54) is 36.1 Å². The lowest BCUT2D eigenvalue weighted by Gasteiger charge is -2.39. The Hall–Kier alpha value is -1.66. The van der Waals surface area contributed by atoms with E-state index in [4.69, 9.17) is 9.97 Å². The number of aliphatic hydroxyl groups is 1. The number of rotatable bonds is 4. The summed E-state index contributed by atoms with van der Waals surface area (Å²) in [7, 11) is 4.04. The Morgan fingerprint density at radius 1 is 1.18 bits per heavy atom. The quantitative estimate of drug-likeness (QED) is 0.803. The van der Waals surface area contributed by atoms with Gasteiger partial charge in [-0.3, -0.25) is 4.90 Å². The molecular formula is C22H35N5O. The van der Waals surface area contributed by atoms with Crippen molar-refractivity contribution in [3.05, 3.63) is 22.9 Å². The van der Waals surface area contributed by atoms with Gasteiger partial charge >= 0.3 is 0 Å². The van der Waals surface area contributed by atoms with Gasteiger partial charge in [0.25, 0.3) is 0 Å². The van der Waals surface area contributed by atoms with E-state index in [9.17, 15) is 5.11 Å². The minimum atomic E-state index is -0.234. The van der Waals surface area contributed by atoms with Gasteiger partial charge in [0.1, 0.15) is 5.82 Å². The predicted octanol–water partition coefficient (Wildman–Crippen LogP) is 2.36. The first-order chi connectivity index (χ1) is 13.4. The summed E-state index contributed by atoms with van der Waals surface area (Å²) >= 11 is 0. The highest BCUT2D eigenvalue weighted by Gasteiger charge is 2.45. The third-order valence-electron chi connectivity index (χ3n) is 6.76. The van der Waals surface area contributed by atoms with Crippen molar-refractivity contribution in [2.75, 3.05) is 56.6 Å². The van der Waals surface area contributed by atoms with E-state index >= 15 is 0 Å². The molecule has 0 aromatic carbocycles. The summed E-state index contributed by atoms with van der Waals surface area (Å²) in [4.78, 5) is 16.9. The molecule has 6 nitrogen and oxygen atoms in total. The van der Waals surface area contributed by atoms with E-state index in [0.717, 1.165) is 50.8 Å². The lowest BCUT2D eigenvalue weighted by atomic mass is 9.76. The van der Waals surface area contributed by atoms with Crippen molar-refractivity contribution < 1.29 is 5.11 Å². The monoisotopic (exact) mass is 385 g/mol. The molecule has 6 heteroatoms. The third-order valence-corrected chi connectivity index (χ3v) is 6.76. The summed E-state index contributed by atoms with van der Waals surface area (Å²) in [6.45, 7) is 9.28. The number of fused-ring (bicyclic) bond motifs is 2. The first kappa shape index (κ1) is 19.6. The molecule has 4 rings (SSSR count). The number of β-amino-alcohol motifs (C(OH)–C–C–N with tert-alkyl or cyclic N) is 1. The van der Waals surface area contributed by atoms with Crippen LogP contribution in [0.1, 0.15) is 50.8 Å². The molecule has 2 fully saturated rings. The van der Waals surface area contributed by atoms with Crippen LogP contribution in [0.25, 0.3) is 0 Å². The van der Waals surface area contributed by atoms with Crippen molar-refractivity contribution in [2.24, 2.45) is 0 Å². The average molecular weight is 386 g/mol. The van der Waals surface area contributed by atoms with Crippen molar-refractivity contribution in [1.29, 1.82) is 0 Å². The van der Waals surface area contributed by atoms with Crippen LogP contribution in [-0.4, -0.2) is 72.9 Å². The summed E-state index contributed by atoms with van der Waals surface area (Å²) in [5.41, 5.74) is 4.24. The van der Waals surface area contributed by atoms with Crippen LogP contribution in [0.5, 0.6) is 0 Å². The number of aliphatic hydroxyl groups excluding tert-OH is 1. The highest BCUT2D eigenvalue weighted by molar-refractivity contribution is 5.58. The van der Waals surface area contributed by atoms with Crippen LogP contribution in [-0.2, 0) is 11.8 Å². The summed E-state index contributed by atoms with van der Waals surface area (Å²) < 4.78 is 0. The van der Waals surface area contributed by atoms with Crippen molar-refractivity contribution in [2.45, 2.75) is 57.5 Å². The maximum absolute atomic E-state index is 10.0. The molecule has 0 bridgehead atoms. The molecular weight excluding hydrogens is 350 g/mol. The van der Waals surface area contributed by atoms with Gasteiger partial charge in [-0.05, 0) is 59.0 Å². The molecule has 1 atom stereocenters. The summed E-state index contributed by atoms with van der Waals surface area (Å²) in [6.07, 6.45) is 7.56. The van der Waals surface area contributed by atoms with Crippen LogP contribution in [0.2, 0.25) is 0 Å². The third kappa shape index (κ3) is 3.64. The summed E-state index contributed by atoms with van der Waals surface area (Å²) in [6, 6.07) is 0. The van der Waals surface area contributed by atoms with E-state index in [0.29, 0.717) is 6.54 Å². The van der Waals surface area contributed by atoms with Gasteiger partial charge in [0.05, 0.1) is 11.8 Å². The number of nitrogens with zero attached hydrogens (tertiary/aromatic N) is 5. The molecule has 2 saturated heterocycles. The van der Waals surface area contributed by atoms with E-state index < -0.39 is 0 Å². The molecule has 1 spiro atoms. The molecule has 1 N–H and O–H groups in total. The zero-order valence-electron chi connectivity index (χ0n) is 17.9. The summed E-state index contributed by atoms with van der Waals surface area (Å²) in [5, 5.41) is 10.0. The second kappa shape index (κ2) is 7.64. The molecule has 2 aliphatic heterocycles. The predicted molar refractivity (Wildman–Crippen MR) is 114 cm³/mol. The average Bonchev–Trinajstić information content (AvgIpc) is 3.25. The second-order valence-corrected chi connectivity index (χ2v) is 9.32. The van der Waals surface area contributed by atoms with Crippen molar-refractivity contribution >= 4 is 11.8 Å². The molecule has 1 unspecified atom stereocenters. The highest BCUT2D eigenvalue weighted by atomic mass is 16.3. The Balaban J connectivity index is 1.62. The van der Waals surface area contributed by atoms with Crippen molar-refractivity contribution in [3.63, 3.8) is 0 Å². The second-order valence-electron chi connectivity index (χ2n) is 9.32. The van der Waals surface area contributed by atoms with Gasteiger partial charge in [-0.2, -0.15) is 4.98 Å². The number of hydrogen-bond donors (Lipinski definition) is 1. The van der Waals surface area contributed by atoms with Crippen molar-refractivity contribution in [1.82, 2.24) is 14.9 Å². The highest BCUT2D eigenvalue weighted by Crippen LogP contribution is 2.48. The molecule has 0 radical (unpaired) electrons. The Morgan fingerprint density at radius 3 is 2.54 bits per heavy atom. The van der Waals surface area contributed by atoms with Crippen LogP contribution < -0.4 is 9.80 Å². The molecule has 0 saturated carbocycles. The molecule has 1 aliphatic carbocycles. The fraction of sp³-hybridized carbons (Fsp3) is 0.727. The van der Waals surface area contributed by atoms with Gasteiger partial charge in [0.2, 0.25) is 5.95 Å².